The van der Waals surface area contributed by atoms with Gasteiger partial charge in [-0.15, -0.1) is 0 Å². The van der Waals surface area contributed by atoms with Crippen molar-refractivity contribution in [3.05, 3.63) is 71.8 Å². The first-order valence-corrected chi connectivity index (χ1v) is 8.05. The zero-order chi connectivity index (χ0) is 17.6. The number of primary amides is 1. The molecule has 3 rings (SSSR count). The summed E-state index contributed by atoms with van der Waals surface area (Å²) < 4.78 is 0. The molecule has 0 unspecified atom stereocenters. The number of nitrogens with zero attached hydrogens (tertiary/aromatic N) is 1. The molecule has 1 heterocycles. The third-order valence-corrected chi connectivity index (χ3v) is 4.03. The van der Waals surface area contributed by atoms with Gasteiger partial charge < -0.3 is 15.9 Å². The number of nitrogens with one attached hydrogen (secondary N) is 1. The number of rotatable bonds is 6. The number of nitrogens with two attached hydrogens (primary N) is 1. The van der Waals surface area contributed by atoms with Gasteiger partial charge in [0.1, 0.15) is 11.8 Å². The predicted octanol–water partition coefficient (Wildman–Crippen LogP) is 1.72. The summed E-state index contributed by atoms with van der Waals surface area (Å²) in [6.45, 7) is 0. The molecule has 0 saturated carbocycles. The van der Waals surface area contributed by atoms with E-state index >= 15 is 0 Å². The highest BCUT2D eigenvalue weighted by atomic mass is 16.6. The van der Waals surface area contributed by atoms with Crippen LogP contribution < -0.4 is 11.1 Å². The Bertz CT molecular complexity index is 775. The topological polar surface area (TPSA) is 93.8 Å². The molecule has 0 radical (unpaired) electrons. The zero-order valence-corrected chi connectivity index (χ0v) is 13.6. The van der Waals surface area contributed by atoms with Gasteiger partial charge in [-0.25, -0.2) is 0 Å². The Labute approximate surface area is 145 Å². The normalized spacial score (nSPS) is 17.3. The van der Waals surface area contributed by atoms with Gasteiger partial charge in [-0.05, 0) is 11.1 Å². The van der Waals surface area contributed by atoms with Crippen molar-refractivity contribution < 1.29 is 14.4 Å². The Morgan fingerprint density at radius 1 is 1.12 bits per heavy atom. The first-order valence-electron chi connectivity index (χ1n) is 8.05. The molecular formula is C19H19N3O3. The van der Waals surface area contributed by atoms with E-state index in [2.05, 4.69) is 10.5 Å². The largest absolute Gasteiger partial charge is 0.387 e. The molecule has 6 nitrogen and oxygen atoms in total. The standard InChI is InChI=1S/C19H19N3O3/c20-18(23)15(11-13-7-3-1-4-8-13)21-19(24)16-12-17(25-22-16)14-9-5-2-6-10-14/h1-10,15,17H,11-12H2,(H2,20,23)(H,21,24)/t15-,17-/m0/s1. The molecule has 1 aliphatic heterocycles. The van der Waals surface area contributed by atoms with Crippen LogP contribution in [-0.4, -0.2) is 23.6 Å². The highest BCUT2D eigenvalue weighted by Crippen LogP contribution is 2.26. The molecule has 2 aromatic carbocycles. The number of carbonyl (C=O) groups is 2. The Morgan fingerprint density at radius 3 is 2.40 bits per heavy atom. The maximum Gasteiger partial charge on any atom is 0.269 e. The van der Waals surface area contributed by atoms with E-state index in [1.807, 2.05) is 60.7 Å². The van der Waals surface area contributed by atoms with E-state index in [1.54, 1.807) is 0 Å². The van der Waals surface area contributed by atoms with Gasteiger partial charge in [0.2, 0.25) is 5.91 Å². The number of oxime groups is 1. The monoisotopic (exact) mass is 337 g/mol. The quantitative estimate of drug-likeness (QED) is 0.840. The fourth-order valence-electron chi connectivity index (χ4n) is 2.67. The fraction of sp³-hybridized carbons (Fsp3) is 0.211. The van der Waals surface area contributed by atoms with E-state index < -0.39 is 17.9 Å². The molecule has 0 aromatic heterocycles. The summed E-state index contributed by atoms with van der Waals surface area (Å²) in [6, 6.07) is 18.1. The predicted molar refractivity (Wildman–Crippen MR) is 93.6 cm³/mol. The molecule has 0 aliphatic carbocycles. The van der Waals surface area contributed by atoms with Gasteiger partial charge in [0, 0.05) is 12.8 Å². The molecule has 2 atom stereocenters. The molecule has 25 heavy (non-hydrogen) atoms. The van der Waals surface area contributed by atoms with E-state index in [4.69, 9.17) is 10.6 Å². The van der Waals surface area contributed by atoms with Crippen LogP contribution in [0.1, 0.15) is 23.7 Å². The molecule has 2 amide bonds. The SMILES string of the molecule is NC(=O)[C@H](Cc1ccccc1)NC(=O)C1=NO[C@H](c2ccccc2)C1. The number of amides is 2. The van der Waals surface area contributed by atoms with E-state index in [0.717, 1.165) is 11.1 Å². The summed E-state index contributed by atoms with van der Waals surface area (Å²) in [5, 5.41) is 6.52. The Balaban J connectivity index is 1.61. The third kappa shape index (κ3) is 4.23. The summed E-state index contributed by atoms with van der Waals surface area (Å²) in [7, 11) is 0. The highest BCUT2D eigenvalue weighted by Gasteiger charge is 2.29. The van der Waals surface area contributed by atoms with Crippen LogP contribution in [0.25, 0.3) is 0 Å². The summed E-state index contributed by atoms with van der Waals surface area (Å²) in [4.78, 5) is 29.4. The Kier molecular flexibility index (Phi) is 5.09. The molecule has 0 saturated heterocycles. The molecule has 3 N–H and O–H groups in total. The first kappa shape index (κ1) is 16.7. The second kappa shape index (κ2) is 7.61. The van der Waals surface area contributed by atoms with Crippen LogP contribution in [0.2, 0.25) is 0 Å². The molecule has 0 spiro atoms. The van der Waals surface area contributed by atoms with E-state index in [-0.39, 0.29) is 11.8 Å². The second-order valence-electron chi connectivity index (χ2n) is 5.86. The van der Waals surface area contributed by atoms with Gasteiger partial charge in [-0.3, -0.25) is 9.59 Å². The minimum Gasteiger partial charge on any atom is -0.387 e. The van der Waals surface area contributed by atoms with E-state index in [0.29, 0.717) is 12.8 Å². The fourth-order valence-corrected chi connectivity index (χ4v) is 2.67. The summed E-state index contributed by atoms with van der Waals surface area (Å²) in [5.41, 5.74) is 7.55. The third-order valence-electron chi connectivity index (χ3n) is 4.03. The van der Waals surface area contributed by atoms with E-state index in [1.165, 1.54) is 0 Å². The minimum atomic E-state index is -0.798. The van der Waals surface area contributed by atoms with Crippen molar-refractivity contribution in [3.63, 3.8) is 0 Å². The van der Waals surface area contributed by atoms with Crippen LogP contribution in [0, 0.1) is 0 Å². The maximum atomic E-state index is 12.4. The summed E-state index contributed by atoms with van der Waals surface area (Å²) >= 11 is 0. The van der Waals surface area contributed by atoms with Crippen molar-refractivity contribution in [3.8, 4) is 0 Å². The van der Waals surface area contributed by atoms with Gasteiger partial charge in [-0.1, -0.05) is 65.8 Å². The molecule has 6 heteroatoms. The lowest BCUT2D eigenvalue weighted by molar-refractivity contribution is -0.124. The van der Waals surface area contributed by atoms with Crippen molar-refractivity contribution >= 4 is 17.5 Å². The van der Waals surface area contributed by atoms with Crippen LogP contribution in [0.5, 0.6) is 0 Å². The van der Waals surface area contributed by atoms with Crippen molar-refractivity contribution in [1.29, 1.82) is 0 Å². The number of hydrogen-bond acceptors (Lipinski definition) is 4. The van der Waals surface area contributed by atoms with Gasteiger partial charge >= 0.3 is 0 Å². The van der Waals surface area contributed by atoms with Crippen molar-refractivity contribution in [1.82, 2.24) is 5.32 Å². The summed E-state index contributed by atoms with van der Waals surface area (Å²) in [5.74, 6) is -1.02. The van der Waals surface area contributed by atoms with Gasteiger partial charge in [0.15, 0.2) is 6.10 Å². The Hall–Kier alpha value is -3.15. The van der Waals surface area contributed by atoms with Gasteiger partial charge in [0.25, 0.3) is 5.91 Å². The van der Waals surface area contributed by atoms with Crippen LogP contribution in [0.15, 0.2) is 65.8 Å². The van der Waals surface area contributed by atoms with Crippen molar-refractivity contribution in [2.24, 2.45) is 10.9 Å². The number of hydrogen-bond donors (Lipinski definition) is 2. The molecular weight excluding hydrogens is 318 g/mol. The highest BCUT2D eigenvalue weighted by molar-refractivity contribution is 6.39. The molecule has 0 bridgehead atoms. The second-order valence-corrected chi connectivity index (χ2v) is 5.86. The number of carbonyl (C=O) groups excluding carboxylic acids is 2. The van der Waals surface area contributed by atoms with Crippen molar-refractivity contribution in [2.45, 2.75) is 25.0 Å². The maximum absolute atomic E-state index is 12.4. The molecule has 0 fully saturated rings. The lowest BCUT2D eigenvalue weighted by Gasteiger charge is -2.15. The number of benzene rings is 2. The Morgan fingerprint density at radius 2 is 1.76 bits per heavy atom. The van der Waals surface area contributed by atoms with Crippen LogP contribution in [-0.2, 0) is 20.8 Å². The lowest BCUT2D eigenvalue weighted by atomic mass is 10.0. The van der Waals surface area contributed by atoms with Crippen molar-refractivity contribution in [2.75, 3.05) is 0 Å². The molecule has 128 valence electrons. The van der Waals surface area contributed by atoms with Crippen LogP contribution >= 0.6 is 0 Å². The molecule has 2 aromatic rings. The van der Waals surface area contributed by atoms with E-state index in [9.17, 15) is 9.59 Å². The average molecular weight is 337 g/mol. The first-order chi connectivity index (χ1) is 12.1. The zero-order valence-electron chi connectivity index (χ0n) is 13.6. The lowest BCUT2D eigenvalue weighted by Crippen LogP contribution is -2.48. The van der Waals surface area contributed by atoms with Gasteiger partial charge in [-0.2, -0.15) is 0 Å². The van der Waals surface area contributed by atoms with Crippen LogP contribution in [0.3, 0.4) is 0 Å². The summed E-state index contributed by atoms with van der Waals surface area (Å²) in [6.07, 6.45) is 0.397. The molecule has 1 aliphatic rings. The smallest absolute Gasteiger partial charge is 0.269 e. The van der Waals surface area contributed by atoms with Crippen LogP contribution in [0.4, 0.5) is 0 Å². The van der Waals surface area contributed by atoms with Gasteiger partial charge in [0.05, 0.1) is 0 Å². The minimum absolute atomic E-state index is 0.258. The average Bonchev–Trinajstić information content (AvgIpc) is 3.13.